The molecule has 0 aromatic heterocycles. The van der Waals surface area contributed by atoms with E-state index in [0.717, 1.165) is 38.5 Å². The zero-order valence-corrected chi connectivity index (χ0v) is 38.8. The molecule has 7 atom stereocenters. The first-order valence-corrected chi connectivity index (χ1v) is 25.7. The van der Waals surface area contributed by atoms with E-state index in [4.69, 9.17) is 9.47 Å². The van der Waals surface area contributed by atoms with Crippen LogP contribution in [0.4, 0.5) is 0 Å². The lowest BCUT2D eigenvalue weighted by molar-refractivity contribution is -0.302. The molecule has 3 unspecified atom stereocenters. The highest BCUT2D eigenvalue weighted by molar-refractivity contribution is 5.76. The van der Waals surface area contributed by atoms with Crippen LogP contribution in [0.3, 0.4) is 0 Å². The van der Waals surface area contributed by atoms with E-state index < -0.39 is 49.5 Å². The quantitative estimate of drug-likeness (QED) is 0.0332. The predicted octanol–water partition coefficient (Wildman–Crippen LogP) is 11.5. The first-order valence-electron chi connectivity index (χ1n) is 25.7. The lowest BCUT2D eigenvalue weighted by atomic mass is 9.99. The number of rotatable bonds is 44. The topological polar surface area (TPSA) is 149 Å². The highest BCUT2D eigenvalue weighted by Gasteiger charge is 2.44. The second-order valence-corrected chi connectivity index (χ2v) is 18.3. The first-order chi connectivity index (χ1) is 28.8. The van der Waals surface area contributed by atoms with Crippen molar-refractivity contribution in [1.29, 1.82) is 0 Å². The van der Waals surface area contributed by atoms with E-state index in [1.165, 1.54) is 193 Å². The Balaban J connectivity index is 2.21. The van der Waals surface area contributed by atoms with Crippen LogP contribution in [-0.2, 0) is 14.3 Å². The molecule has 59 heavy (non-hydrogen) atoms. The average molecular weight is 842 g/mol. The van der Waals surface area contributed by atoms with Gasteiger partial charge in [-0.3, -0.25) is 4.79 Å². The molecule has 9 heteroatoms. The van der Waals surface area contributed by atoms with Gasteiger partial charge in [-0.25, -0.2) is 0 Å². The molecule has 1 amide bonds. The third-order valence-corrected chi connectivity index (χ3v) is 12.7. The molecular formula is C50H99NO8. The van der Waals surface area contributed by atoms with Crippen LogP contribution in [0.1, 0.15) is 258 Å². The summed E-state index contributed by atoms with van der Waals surface area (Å²) in [7, 11) is 0. The van der Waals surface area contributed by atoms with Crippen molar-refractivity contribution in [3.05, 3.63) is 0 Å². The maximum absolute atomic E-state index is 13.0. The van der Waals surface area contributed by atoms with E-state index in [1.807, 2.05) is 0 Å². The van der Waals surface area contributed by atoms with Gasteiger partial charge in [0.25, 0.3) is 0 Å². The normalized spacial score (nSPS) is 20.6. The molecule has 0 radical (unpaired) electrons. The van der Waals surface area contributed by atoms with Crippen molar-refractivity contribution in [3.8, 4) is 0 Å². The summed E-state index contributed by atoms with van der Waals surface area (Å²) in [5, 5.41) is 54.4. The van der Waals surface area contributed by atoms with Gasteiger partial charge in [-0.15, -0.1) is 0 Å². The van der Waals surface area contributed by atoms with Crippen LogP contribution in [0, 0.1) is 0 Å². The highest BCUT2D eigenvalue weighted by atomic mass is 16.7. The van der Waals surface area contributed by atoms with Crippen molar-refractivity contribution in [3.63, 3.8) is 0 Å². The van der Waals surface area contributed by atoms with Gasteiger partial charge in [-0.1, -0.05) is 239 Å². The molecule has 0 aliphatic carbocycles. The van der Waals surface area contributed by atoms with Crippen LogP contribution in [-0.4, -0.2) is 87.5 Å². The number of hydrogen-bond acceptors (Lipinski definition) is 8. The Kier molecular flexibility index (Phi) is 39.3. The van der Waals surface area contributed by atoms with Gasteiger partial charge in [0, 0.05) is 6.42 Å². The van der Waals surface area contributed by atoms with Crippen LogP contribution < -0.4 is 5.32 Å². The molecule has 9 nitrogen and oxygen atoms in total. The fourth-order valence-electron chi connectivity index (χ4n) is 8.58. The molecule has 1 fully saturated rings. The molecule has 0 aromatic rings. The van der Waals surface area contributed by atoms with Crippen molar-refractivity contribution in [2.45, 2.75) is 301 Å². The summed E-state index contributed by atoms with van der Waals surface area (Å²) >= 11 is 0. The SMILES string of the molecule is CCCCCCCCCCCCCCCCCCCCCCCCCC(=O)N[C@@H](CO[C@H]1OC(CO)[C@H](O)C(O)C1O)[C@H](O)CCCCCCCCCCCCCCC. The Morgan fingerprint density at radius 2 is 0.847 bits per heavy atom. The van der Waals surface area contributed by atoms with Crippen molar-refractivity contribution in [2.24, 2.45) is 0 Å². The van der Waals surface area contributed by atoms with Crippen LogP contribution in [0.2, 0.25) is 0 Å². The van der Waals surface area contributed by atoms with Crippen LogP contribution in [0.15, 0.2) is 0 Å². The number of carbonyl (C=O) groups excluding carboxylic acids is 1. The molecule has 1 saturated heterocycles. The number of aliphatic hydroxyl groups excluding tert-OH is 5. The fourth-order valence-corrected chi connectivity index (χ4v) is 8.58. The second kappa shape index (κ2) is 41.2. The third-order valence-electron chi connectivity index (χ3n) is 12.7. The van der Waals surface area contributed by atoms with Crippen LogP contribution >= 0.6 is 0 Å². The van der Waals surface area contributed by atoms with Gasteiger partial charge in [0.05, 0.1) is 25.4 Å². The summed E-state index contributed by atoms with van der Waals surface area (Å²) in [6.45, 7) is 3.86. The first kappa shape index (κ1) is 56.2. The minimum absolute atomic E-state index is 0.132. The molecule has 1 rings (SSSR count). The molecule has 1 heterocycles. The smallest absolute Gasteiger partial charge is 0.220 e. The summed E-state index contributed by atoms with van der Waals surface area (Å²) in [4.78, 5) is 13.0. The Bertz CT molecular complexity index is 893. The Labute approximate surface area is 364 Å². The van der Waals surface area contributed by atoms with Gasteiger partial charge in [-0.2, -0.15) is 0 Å². The summed E-state index contributed by atoms with van der Waals surface area (Å²) in [6, 6.07) is -0.711. The summed E-state index contributed by atoms with van der Waals surface area (Å²) in [6.07, 6.45) is 39.8. The van der Waals surface area contributed by atoms with Gasteiger partial charge in [-0.05, 0) is 12.8 Å². The predicted molar refractivity (Wildman–Crippen MR) is 244 cm³/mol. The molecule has 1 aliphatic rings. The fraction of sp³-hybridized carbons (Fsp3) is 0.980. The lowest BCUT2D eigenvalue weighted by Crippen LogP contribution is -2.60. The maximum Gasteiger partial charge on any atom is 0.220 e. The largest absolute Gasteiger partial charge is 0.394 e. The Hall–Kier alpha value is -0.810. The van der Waals surface area contributed by atoms with Crippen molar-refractivity contribution < 1.29 is 39.8 Å². The van der Waals surface area contributed by atoms with E-state index >= 15 is 0 Å². The van der Waals surface area contributed by atoms with E-state index in [9.17, 15) is 30.3 Å². The van der Waals surface area contributed by atoms with Crippen LogP contribution in [0.25, 0.3) is 0 Å². The highest BCUT2D eigenvalue weighted by Crippen LogP contribution is 2.23. The maximum atomic E-state index is 13.0. The molecule has 1 aliphatic heterocycles. The molecule has 0 spiro atoms. The number of ether oxygens (including phenoxy) is 2. The molecule has 352 valence electrons. The van der Waals surface area contributed by atoms with Gasteiger partial charge in [0.15, 0.2) is 6.29 Å². The standard InChI is InChI=1S/C50H99NO8/c1-3-5-7-9-11-13-15-17-18-19-20-21-22-23-24-25-26-28-30-32-34-36-38-40-46(54)51-43(42-58-50-49(57)48(56)47(55)45(41-52)59-50)44(53)39-37-35-33-31-29-27-16-14-12-10-8-6-4-2/h43-45,47-50,52-53,55-57H,3-42H2,1-2H3,(H,51,54)/t43-,44+,45?,47-,48?,49?,50-/m0/s1. The monoisotopic (exact) mass is 842 g/mol. The van der Waals surface area contributed by atoms with E-state index in [0.29, 0.717) is 12.8 Å². The minimum Gasteiger partial charge on any atom is -0.394 e. The number of amides is 1. The van der Waals surface area contributed by atoms with Crippen molar-refractivity contribution in [2.75, 3.05) is 13.2 Å². The summed E-state index contributed by atoms with van der Waals surface area (Å²) in [5.41, 5.74) is 0. The average Bonchev–Trinajstić information content (AvgIpc) is 3.23. The number of unbranched alkanes of at least 4 members (excludes halogenated alkanes) is 34. The summed E-state index contributed by atoms with van der Waals surface area (Å²) < 4.78 is 11.3. The van der Waals surface area contributed by atoms with Gasteiger partial charge in [0.1, 0.15) is 24.4 Å². The number of carbonyl (C=O) groups is 1. The van der Waals surface area contributed by atoms with Gasteiger partial charge in [0.2, 0.25) is 5.91 Å². The van der Waals surface area contributed by atoms with E-state index in [-0.39, 0.29) is 12.5 Å². The van der Waals surface area contributed by atoms with Crippen molar-refractivity contribution in [1.82, 2.24) is 5.32 Å². The third kappa shape index (κ3) is 31.6. The molecule has 6 N–H and O–H groups in total. The summed E-state index contributed by atoms with van der Waals surface area (Å²) in [5.74, 6) is -0.139. The number of hydrogen-bond donors (Lipinski definition) is 6. The van der Waals surface area contributed by atoms with Gasteiger partial charge >= 0.3 is 0 Å². The number of aliphatic hydroxyl groups is 5. The zero-order chi connectivity index (χ0) is 43.0. The Morgan fingerprint density at radius 1 is 0.508 bits per heavy atom. The van der Waals surface area contributed by atoms with E-state index in [1.54, 1.807) is 0 Å². The molecule has 0 aromatic carbocycles. The number of nitrogens with one attached hydrogen (secondary N) is 1. The van der Waals surface area contributed by atoms with E-state index in [2.05, 4.69) is 19.2 Å². The lowest BCUT2D eigenvalue weighted by Gasteiger charge is -2.40. The van der Waals surface area contributed by atoms with Gasteiger partial charge < -0.3 is 40.3 Å². The van der Waals surface area contributed by atoms with Crippen molar-refractivity contribution >= 4 is 5.91 Å². The molecule has 0 bridgehead atoms. The minimum atomic E-state index is -1.55. The molecular weight excluding hydrogens is 743 g/mol. The van der Waals surface area contributed by atoms with Crippen LogP contribution in [0.5, 0.6) is 0 Å². The Morgan fingerprint density at radius 3 is 1.20 bits per heavy atom. The molecule has 0 saturated carbocycles. The second-order valence-electron chi connectivity index (χ2n) is 18.3. The zero-order valence-electron chi connectivity index (χ0n) is 38.8.